The lowest BCUT2D eigenvalue weighted by atomic mass is 10.1. The smallest absolute Gasteiger partial charge is 0.330 e. The maximum Gasteiger partial charge on any atom is 0.330 e. The Kier molecular flexibility index (Phi) is 5.20. The second-order valence-corrected chi connectivity index (χ2v) is 5.77. The highest BCUT2D eigenvalue weighted by molar-refractivity contribution is 5.66. The molecule has 0 bridgehead atoms. The second kappa shape index (κ2) is 7.40. The first-order chi connectivity index (χ1) is 12.4. The Balaban J connectivity index is 1.98. The van der Waals surface area contributed by atoms with Gasteiger partial charge in [-0.2, -0.15) is 0 Å². The minimum atomic E-state index is -1.10. The van der Waals surface area contributed by atoms with Gasteiger partial charge < -0.3 is 23.7 Å². The highest BCUT2D eigenvalue weighted by Gasteiger charge is 2.54. The third-order valence-corrected chi connectivity index (χ3v) is 3.88. The summed E-state index contributed by atoms with van der Waals surface area (Å²) in [6, 6.07) is 1.13. The first-order valence-corrected chi connectivity index (χ1v) is 7.91. The maximum absolute atomic E-state index is 12.1. The van der Waals surface area contributed by atoms with E-state index in [0.717, 1.165) is 10.6 Å². The Bertz CT molecular complexity index is 801. The third kappa shape index (κ3) is 3.69. The molecule has 1 aromatic rings. The van der Waals surface area contributed by atoms with E-state index in [1.807, 2.05) is 0 Å². The van der Waals surface area contributed by atoms with Crippen molar-refractivity contribution in [3.05, 3.63) is 33.1 Å². The van der Waals surface area contributed by atoms with Gasteiger partial charge in [-0.25, -0.2) is 4.79 Å². The van der Waals surface area contributed by atoms with Crippen LogP contribution in [0.1, 0.15) is 20.1 Å². The molecule has 0 saturated carbocycles. The zero-order valence-corrected chi connectivity index (χ0v) is 14.1. The normalized spacial score (nSPS) is 30.9. The average Bonchev–Trinajstić information content (AvgIpc) is 2.75. The Hall–Kier alpha value is -2.50. The monoisotopic (exact) mass is 370 g/mol. The molecule has 1 aromatic heterocycles. The van der Waals surface area contributed by atoms with E-state index >= 15 is 0 Å². The van der Waals surface area contributed by atoms with Crippen molar-refractivity contribution < 1.29 is 33.3 Å². The fourth-order valence-corrected chi connectivity index (χ4v) is 2.95. The number of H-pyrrole nitrogens is 1. The number of carbonyl (C=O) groups is 2. The molecule has 2 fully saturated rings. The van der Waals surface area contributed by atoms with Gasteiger partial charge in [0.1, 0.15) is 6.10 Å². The van der Waals surface area contributed by atoms with Crippen molar-refractivity contribution in [1.29, 1.82) is 0 Å². The zero-order chi connectivity index (χ0) is 18.8. The van der Waals surface area contributed by atoms with Crippen LogP contribution in [0.15, 0.2) is 21.9 Å². The second-order valence-electron chi connectivity index (χ2n) is 5.77. The van der Waals surface area contributed by atoms with Crippen molar-refractivity contribution in [2.75, 3.05) is 13.2 Å². The van der Waals surface area contributed by atoms with Gasteiger partial charge in [0.25, 0.3) is 5.56 Å². The number of hydrogen-bond acceptors (Lipinski definition) is 9. The van der Waals surface area contributed by atoms with Crippen LogP contribution in [-0.4, -0.2) is 59.3 Å². The fourth-order valence-electron chi connectivity index (χ4n) is 2.95. The summed E-state index contributed by atoms with van der Waals surface area (Å²) < 4.78 is 28.4. The van der Waals surface area contributed by atoms with Gasteiger partial charge in [0, 0.05) is 26.1 Å². The molecule has 11 heteroatoms. The molecule has 3 heterocycles. The highest BCUT2D eigenvalue weighted by Crippen LogP contribution is 2.36. The van der Waals surface area contributed by atoms with Crippen LogP contribution in [0, 0.1) is 0 Å². The molecule has 1 N–H and O–H groups in total. The topological polar surface area (TPSA) is 135 Å². The summed E-state index contributed by atoms with van der Waals surface area (Å²) in [4.78, 5) is 48.4. The Morgan fingerprint density at radius 3 is 2.46 bits per heavy atom. The lowest BCUT2D eigenvalue weighted by Gasteiger charge is -2.24. The van der Waals surface area contributed by atoms with Crippen molar-refractivity contribution >= 4 is 11.9 Å². The molecule has 142 valence electrons. The molecule has 0 radical (unpaired) electrons. The van der Waals surface area contributed by atoms with Crippen molar-refractivity contribution in [3.8, 4) is 0 Å². The zero-order valence-electron chi connectivity index (χ0n) is 14.1. The van der Waals surface area contributed by atoms with Crippen LogP contribution in [0.2, 0.25) is 0 Å². The fraction of sp³-hybridized carbons (Fsp3) is 0.600. The van der Waals surface area contributed by atoms with Crippen molar-refractivity contribution in [3.63, 3.8) is 0 Å². The van der Waals surface area contributed by atoms with Crippen LogP contribution in [0.3, 0.4) is 0 Å². The van der Waals surface area contributed by atoms with E-state index in [4.69, 9.17) is 23.7 Å². The van der Waals surface area contributed by atoms with Crippen molar-refractivity contribution in [1.82, 2.24) is 9.55 Å². The number of carbonyl (C=O) groups excluding carboxylic acids is 2. The number of esters is 2. The van der Waals surface area contributed by atoms with Crippen LogP contribution in [-0.2, 0) is 33.3 Å². The standard InChI is InChI=1S/C15H18N2O9/c1-7(18)24-11-10-12(14(25-8(2)19)23-6-5-22-10)26-13(11)17-4-3-9(20)16-15(17)21/h3-4,10-14H,5-6H2,1-2H3,(H,16,20,21)/t10-,11-,12+,13-,14-/m1/s1. The van der Waals surface area contributed by atoms with Crippen LogP contribution in [0.4, 0.5) is 0 Å². The summed E-state index contributed by atoms with van der Waals surface area (Å²) >= 11 is 0. The van der Waals surface area contributed by atoms with Crippen molar-refractivity contribution in [2.24, 2.45) is 0 Å². The predicted octanol–water partition coefficient (Wildman–Crippen LogP) is -1.33. The minimum Gasteiger partial charge on any atom is -0.455 e. The molecule has 3 rings (SSSR count). The van der Waals surface area contributed by atoms with E-state index in [-0.39, 0.29) is 13.2 Å². The number of aromatic amines is 1. The van der Waals surface area contributed by atoms with E-state index < -0.39 is 54.0 Å². The third-order valence-electron chi connectivity index (χ3n) is 3.88. The van der Waals surface area contributed by atoms with Gasteiger partial charge in [-0.15, -0.1) is 0 Å². The van der Waals surface area contributed by atoms with Gasteiger partial charge in [0.05, 0.1) is 13.2 Å². The van der Waals surface area contributed by atoms with Gasteiger partial charge in [-0.05, 0) is 0 Å². The molecule has 2 aliphatic rings. The molecule has 0 aliphatic carbocycles. The molecule has 2 saturated heterocycles. The van der Waals surface area contributed by atoms with E-state index in [1.54, 1.807) is 0 Å². The Labute approximate surface area is 146 Å². The molecular weight excluding hydrogens is 352 g/mol. The van der Waals surface area contributed by atoms with E-state index in [0.29, 0.717) is 0 Å². The molecule has 0 amide bonds. The van der Waals surface area contributed by atoms with Crippen LogP contribution >= 0.6 is 0 Å². The van der Waals surface area contributed by atoms with Gasteiger partial charge in [-0.1, -0.05) is 0 Å². The molecule has 5 atom stereocenters. The number of nitrogens with zero attached hydrogens (tertiary/aromatic N) is 1. The summed E-state index contributed by atoms with van der Waals surface area (Å²) in [6.45, 7) is 2.71. The summed E-state index contributed by atoms with van der Waals surface area (Å²) in [5.41, 5.74) is -1.33. The first kappa shape index (κ1) is 18.3. The van der Waals surface area contributed by atoms with Gasteiger partial charge in [-0.3, -0.25) is 23.9 Å². The molecule has 11 nitrogen and oxygen atoms in total. The van der Waals surface area contributed by atoms with Gasteiger partial charge >= 0.3 is 17.6 Å². The molecule has 0 unspecified atom stereocenters. The number of hydrogen-bond donors (Lipinski definition) is 1. The summed E-state index contributed by atoms with van der Waals surface area (Å²) in [7, 11) is 0. The number of fused-ring (bicyclic) bond motifs is 1. The van der Waals surface area contributed by atoms with E-state index in [9.17, 15) is 19.2 Å². The van der Waals surface area contributed by atoms with Crippen LogP contribution in [0.5, 0.6) is 0 Å². The summed E-state index contributed by atoms with van der Waals surface area (Å²) in [5.74, 6) is -1.20. The number of ether oxygens (including phenoxy) is 5. The minimum absolute atomic E-state index is 0.143. The molecule has 2 aliphatic heterocycles. The summed E-state index contributed by atoms with van der Waals surface area (Å²) in [6.07, 6.45) is -3.76. The molecule has 0 spiro atoms. The van der Waals surface area contributed by atoms with Gasteiger partial charge in [0.2, 0.25) is 6.29 Å². The van der Waals surface area contributed by atoms with E-state index in [2.05, 4.69) is 4.98 Å². The van der Waals surface area contributed by atoms with E-state index in [1.165, 1.54) is 20.0 Å². The number of rotatable bonds is 3. The molecular formula is C15H18N2O9. The molecule has 0 aromatic carbocycles. The van der Waals surface area contributed by atoms with Crippen LogP contribution in [0.25, 0.3) is 0 Å². The highest BCUT2D eigenvalue weighted by atomic mass is 16.7. The predicted molar refractivity (Wildman–Crippen MR) is 82.0 cm³/mol. The van der Waals surface area contributed by atoms with Gasteiger partial charge in [0.15, 0.2) is 18.4 Å². The quantitative estimate of drug-likeness (QED) is 0.642. The Morgan fingerprint density at radius 1 is 1.12 bits per heavy atom. The largest absolute Gasteiger partial charge is 0.455 e. The van der Waals surface area contributed by atoms with Crippen molar-refractivity contribution in [2.45, 2.75) is 44.7 Å². The number of aromatic nitrogens is 2. The summed E-state index contributed by atoms with van der Waals surface area (Å²) in [5, 5.41) is 0. The lowest BCUT2D eigenvalue weighted by Crippen LogP contribution is -2.43. The SMILES string of the molecule is CC(=O)O[C@H]1OCCO[C@H]2[C@@H]1O[C@@H](n1ccc(=O)[nH]c1=O)[C@@H]2OC(C)=O. The maximum atomic E-state index is 12.1. The average molecular weight is 370 g/mol. The Morgan fingerprint density at radius 2 is 1.81 bits per heavy atom. The molecule has 26 heavy (non-hydrogen) atoms. The first-order valence-electron chi connectivity index (χ1n) is 7.91. The van der Waals surface area contributed by atoms with Crippen LogP contribution < -0.4 is 11.2 Å². The lowest BCUT2D eigenvalue weighted by molar-refractivity contribution is -0.209. The number of nitrogens with one attached hydrogen (secondary N) is 1.